The highest BCUT2D eigenvalue weighted by Gasteiger charge is 2.59. The van der Waals surface area contributed by atoms with Crippen molar-refractivity contribution in [1.82, 2.24) is 9.03 Å². The summed E-state index contributed by atoms with van der Waals surface area (Å²) in [4.78, 5) is 12.7. The second-order valence-corrected chi connectivity index (χ2v) is 13.7. The van der Waals surface area contributed by atoms with Gasteiger partial charge in [0.05, 0.1) is 22.8 Å². The molecule has 2 aliphatic rings. The summed E-state index contributed by atoms with van der Waals surface area (Å²) in [6.45, 7) is 10.6. The lowest BCUT2D eigenvalue weighted by Crippen LogP contribution is -2.62. The molecule has 5 N–H and O–H groups in total. The number of hydrogen-bond donors (Lipinski definition) is 4. The highest BCUT2D eigenvalue weighted by molar-refractivity contribution is 7.87. The van der Waals surface area contributed by atoms with E-state index in [1.165, 1.54) is 18.2 Å². The smallest absolute Gasteiger partial charge is 0.457 e. The van der Waals surface area contributed by atoms with Crippen LogP contribution in [0.5, 0.6) is 0 Å². The number of benzene rings is 1. The van der Waals surface area contributed by atoms with Gasteiger partial charge in [-0.15, -0.1) is 0 Å². The van der Waals surface area contributed by atoms with E-state index in [2.05, 4.69) is 4.72 Å². The van der Waals surface area contributed by atoms with Crippen molar-refractivity contribution in [2.24, 2.45) is 11.7 Å². The summed E-state index contributed by atoms with van der Waals surface area (Å²) in [5, 5.41) is 20.4. The SMILES string of the molecule is CC(C)(O)CNS(=O)(=O)N1C[C@@H](CCCB2OC(C)(C)C(C)(C)O2)C(N)(C(=O)O)[C@@H]1Cc1ccccc1. The predicted octanol–water partition coefficient (Wildman–Crippen LogP) is 1.79. The van der Waals surface area contributed by atoms with Gasteiger partial charge in [0.2, 0.25) is 0 Å². The van der Waals surface area contributed by atoms with Crippen molar-refractivity contribution in [3.8, 4) is 0 Å². The van der Waals surface area contributed by atoms with E-state index >= 15 is 0 Å². The van der Waals surface area contributed by atoms with Gasteiger partial charge < -0.3 is 25.3 Å². The number of nitrogens with zero attached hydrogens (tertiary/aromatic N) is 1. The van der Waals surface area contributed by atoms with E-state index < -0.39 is 57.6 Å². The average molecular weight is 540 g/mol. The monoisotopic (exact) mass is 539 g/mol. The Labute approximate surface area is 221 Å². The van der Waals surface area contributed by atoms with Crippen LogP contribution in [0.4, 0.5) is 0 Å². The summed E-state index contributed by atoms with van der Waals surface area (Å²) in [7, 11) is -4.57. The fourth-order valence-corrected chi connectivity index (χ4v) is 6.65. The van der Waals surface area contributed by atoms with Crippen molar-refractivity contribution in [2.45, 2.75) is 95.5 Å². The molecule has 1 unspecified atom stereocenters. The van der Waals surface area contributed by atoms with Gasteiger partial charge in [-0.1, -0.05) is 36.8 Å². The van der Waals surface area contributed by atoms with Gasteiger partial charge in [0.15, 0.2) is 0 Å². The lowest BCUT2D eigenvalue weighted by molar-refractivity contribution is -0.145. The first kappa shape index (κ1) is 30.0. The molecule has 0 radical (unpaired) electrons. The number of rotatable bonds is 11. The van der Waals surface area contributed by atoms with E-state index in [0.717, 1.165) is 5.56 Å². The van der Waals surface area contributed by atoms with Crippen LogP contribution >= 0.6 is 0 Å². The van der Waals surface area contributed by atoms with E-state index in [4.69, 9.17) is 15.0 Å². The molecule has 0 spiro atoms. The highest BCUT2D eigenvalue weighted by atomic mass is 32.2. The molecule has 3 rings (SSSR count). The van der Waals surface area contributed by atoms with E-state index in [9.17, 15) is 23.4 Å². The molecular weight excluding hydrogens is 497 g/mol. The first-order chi connectivity index (χ1) is 16.9. The Kier molecular flexibility index (Phi) is 8.56. The zero-order valence-electron chi connectivity index (χ0n) is 22.7. The second-order valence-electron chi connectivity index (χ2n) is 12.0. The molecule has 1 aromatic rings. The Balaban J connectivity index is 1.84. The number of aliphatic hydroxyl groups is 1. The van der Waals surface area contributed by atoms with Crippen molar-refractivity contribution in [2.75, 3.05) is 13.1 Å². The number of carbonyl (C=O) groups is 1. The van der Waals surface area contributed by atoms with E-state index in [1.54, 1.807) is 0 Å². The molecule has 3 atom stereocenters. The number of carboxylic acid groups (broad SMARTS) is 1. The molecule has 2 heterocycles. The lowest BCUT2D eigenvalue weighted by atomic mass is 9.75. The number of carboxylic acids is 1. The third-order valence-corrected chi connectivity index (χ3v) is 9.44. The molecule has 0 aliphatic carbocycles. The summed E-state index contributed by atoms with van der Waals surface area (Å²) in [6, 6.07) is 8.09. The van der Waals surface area contributed by atoms with E-state index in [1.807, 2.05) is 58.0 Å². The maximum atomic E-state index is 13.4. The Bertz CT molecular complexity index is 1050. The van der Waals surface area contributed by atoms with Crippen LogP contribution in [0.15, 0.2) is 30.3 Å². The number of nitrogens with one attached hydrogen (secondary N) is 1. The molecule has 37 heavy (non-hydrogen) atoms. The maximum absolute atomic E-state index is 13.4. The van der Waals surface area contributed by atoms with Crippen molar-refractivity contribution in [3.63, 3.8) is 0 Å². The van der Waals surface area contributed by atoms with Gasteiger partial charge in [-0.25, -0.2) is 0 Å². The third kappa shape index (κ3) is 6.55. The molecule has 0 bridgehead atoms. The van der Waals surface area contributed by atoms with Crippen LogP contribution in [-0.4, -0.2) is 77.5 Å². The summed E-state index contributed by atoms with van der Waals surface area (Å²) in [6.07, 6.45) is 1.61. The lowest BCUT2D eigenvalue weighted by Gasteiger charge is -2.34. The minimum absolute atomic E-state index is 0.0507. The standard InChI is InChI=1S/C25H42BN3O7S/c1-22(2,32)17-28-37(33,34)29-16-19(13-10-14-26-35-23(3,4)24(5,6)36-26)25(27,21(30)31)20(29)15-18-11-8-7-9-12-18/h7-9,11-12,19-20,28,32H,10,13-17,27H2,1-6H3,(H,30,31)/t19-,20+,25?/m1/s1. The molecular formula is C25H42BN3O7S. The number of nitrogens with two attached hydrogens (primary N) is 1. The molecule has 2 saturated heterocycles. The van der Waals surface area contributed by atoms with Crippen LogP contribution in [0.3, 0.4) is 0 Å². The minimum Gasteiger partial charge on any atom is -0.480 e. The van der Waals surface area contributed by atoms with Crippen LogP contribution in [0.2, 0.25) is 6.32 Å². The molecule has 0 aromatic heterocycles. The Morgan fingerprint density at radius 2 is 1.76 bits per heavy atom. The third-order valence-electron chi connectivity index (χ3n) is 7.91. The molecule has 208 valence electrons. The van der Waals surface area contributed by atoms with E-state index in [0.29, 0.717) is 19.2 Å². The first-order valence-corrected chi connectivity index (χ1v) is 14.2. The van der Waals surface area contributed by atoms with Gasteiger partial charge in [0, 0.05) is 19.0 Å². The van der Waals surface area contributed by atoms with Crippen molar-refractivity contribution in [1.29, 1.82) is 0 Å². The maximum Gasteiger partial charge on any atom is 0.457 e. The van der Waals surface area contributed by atoms with Gasteiger partial charge in [-0.3, -0.25) is 4.79 Å². The fourth-order valence-electron chi connectivity index (χ4n) is 4.99. The molecule has 2 fully saturated rings. The minimum atomic E-state index is -4.14. The van der Waals surface area contributed by atoms with Gasteiger partial charge in [-0.05, 0) is 66.3 Å². The largest absolute Gasteiger partial charge is 0.480 e. The Morgan fingerprint density at radius 3 is 2.27 bits per heavy atom. The zero-order valence-corrected chi connectivity index (χ0v) is 23.5. The molecule has 12 heteroatoms. The number of aliphatic carboxylic acids is 1. The van der Waals surface area contributed by atoms with Crippen LogP contribution in [0.1, 0.15) is 59.9 Å². The van der Waals surface area contributed by atoms with Gasteiger partial charge in [-0.2, -0.15) is 17.4 Å². The van der Waals surface area contributed by atoms with Gasteiger partial charge >= 0.3 is 13.1 Å². The first-order valence-electron chi connectivity index (χ1n) is 12.8. The summed E-state index contributed by atoms with van der Waals surface area (Å²) >= 11 is 0. The molecule has 0 amide bonds. The average Bonchev–Trinajstić information content (AvgIpc) is 3.17. The fraction of sp³-hybridized carbons (Fsp3) is 0.720. The molecule has 10 nitrogen and oxygen atoms in total. The molecule has 2 aliphatic heterocycles. The Morgan fingerprint density at radius 1 is 1.19 bits per heavy atom. The van der Waals surface area contributed by atoms with Crippen molar-refractivity contribution in [3.05, 3.63) is 35.9 Å². The Hall–Kier alpha value is -1.54. The van der Waals surface area contributed by atoms with E-state index in [-0.39, 0.29) is 19.5 Å². The van der Waals surface area contributed by atoms with Crippen LogP contribution in [0, 0.1) is 5.92 Å². The summed E-state index contributed by atoms with van der Waals surface area (Å²) in [5.74, 6) is -1.88. The summed E-state index contributed by atoms with van der Waals surface area (Å²) in [5.41, 5.74) is 3.39. The molecule has 0 saturated carbocycles. The summed E-state index contributed by atoms with van der Waals surface area (Å²) < 4.78 is 42.5. The normalized spacial score (nSPS) is 28.1. The van der Waals surface area contributed by atoms with Crippen LogP contribution in [-0.2, 0) is 30.7 Å². The molecule has 1 aromatic carbocycles. The van der Waals surface area contributed by atoms with Crippen molar-refractivity contribution < 1.29 is 32.7 Å². The predicted molar refractivity (Wildman–Crippen MR) is 142 cm³/mol. The van der Waals surface area contributed by atoms with Crippen LogP contribution < -0.4 is 10.5 Å². The number of hydrogen-bond acceptors (Lipinski definition) is 7. The van der Waals surface area contributed by atoms with Gasteiger partial charge in [0.25, 0.3) is 10.2 Å². The highest BCUT2D eigenvalue weighted by Crippen LogP contribution is 2.41. The quantitative estimate of drug-likeness (QED) is 0.311. The van der Waals surface area contributed by atoms with Gasteiger partial charge in [0.1, 0.15) is 5.54 Å². The van der Waals surface area contributed by atoms with Crippen LogP contribution in [0.25, 0.3) is 0 Å². The topological polar surface area (TPSA) is 151 Å². The zero-order chi connectivity index (χ0) is 27.9. The van der Waals surface area contributed by atoms with Crippen molar-refractivity contribution >= 4 is 23.3 Å². The second kappa shape index (κ2) is 10.6.